The van der Waals surface area contributed by atoms with Crippen molar-refractivity contribution in [3.63, 3.8) is 0 Å². The lowest BCUT2D eigenvalue weighted by molar-refractivity contribution is -0.136. The van der Waals surface area contributed by atoms with Crippen molar-refractivity contribution in [3.8, 4) is 16.9 Å². The molecule has 2 aliphatic rings. The Bertz CT molecular complexity index is 1500. The lowest BCUT2D eigenvalue weighted by atomic mass is 9.82. The molecule has 5 rings (SSSR count). The number of aliphatic hydroxyl groups is 1. The van der Waals surface area contributed by atoms with Crippen molar-refractivity contribution < 1.29 is 24.1 Å². The van der Waals surface area contributed by atoms with Gasteiger partial charge in [0, 0.05) is 55.5 Å². The van der Waals surface area contributed by atoms with E-state index in [0.717, 1.165) is 97.1 Å². The highest BCUT2D eigenvalue weighted by Gasteiger charge is 2.31. The normalized spacial score (nSPS) is 16.9. The van der Waals surface area contributed by atoms with Crippen LogP contribution in [-0.4, -0.2) is 76.2 Å². The molecule has 0 saturated carbocycles. The summed E-state index contributed by atoms with van der Waals surface area (Å²) in [5.74, 6) is 0.481. The SMILES string of the molecule is CC(C)(C)O.CSN1CCC(Nc2nc(C)c(CC(=O)O)c(N3CCC(C)(C)CC3)c2-c2ccc(OCCc3ccc(F)cc3)cc2)CC1. The summed E-state index contributed by atoms with van der Waals surface area (Å²) >= 11 is 1.79. The molecule has 2 fully saturated rings. The smallest absolute Gasteiger partial charge is 0.307 e. The Morgan fingerprint density at radius 2 is 1.63 bits per heavy atom. The minimum Gasteiger partial charge on any atom is -0.493 e. The number of halogens is 1. The maximum absolute atomic E-state index is 13.3. The molecule has 3 N–H and O–H groups in total. The summed E-state index contributed by atoms with van der Waals surface area (Å²) in [7, 11) is 0. The first kappa shape index (κ1) is 38.5. The van der Waals surface area contributed by atoms with Gasteiger partial charge >= 0.3 is 5.97 Å². The van der Waals surface area contributed by atoms with Gasteiger partial charge in [-0.25, -0.2) is 9.37 Å². The minimum absolute atomic E-state index is 0.0714. The number of aryl methyl sites for hydroxylation is 1. The van der Waals surface area contributed by atoms with E-state index in [1.807, 2.05) is 19.1 Å². The second-order valence-corrected chi connectivity index (χ2v) is 15.8. The third-order valence-electron chi connectivity index (χ3n) is 9.01. The van der Waals surface area contributed by atoms with E-state index in [4.69, 9.17) is 14.8 Å². The molecular formula is C39H55FN4O4S. The van der Waals surface area contributed by atoms with Crippen molar-refractivity contribution in [3.05, 3.63) is 71.2 Å². The first-order chi connectivity index (χ1) is 23.1. The Morgan fingerprint density at radius 3 is 2.18 bits per heavy atom. The van der Waals surface area contributed by atoms with E-state index in [1.165, 1.54) is 12.1 Å². The van der Waals surface area contributed by atoms with E-state index in [-0.39, 0.29) is 23.7 Å². The summed E-state index contributed by atoms with van der Waals surface area (Å²) < 4.78 is 21.7. The highest BCUT2D eigenvalue weighted by Crippen LogP contribution is 2.44. The standard InChI is InChI=1S/C35H45FN4O3S.C4H10O/c1-24-30(23-31(41)42)33(39-20-16-35(2,3)17-21-39)32(34(37-24)38-28-13-18-40(44-4)19-14-28)26-7-11-29(12-8-26)43-22-15-25-5-9-27(36)10-6-25;1-4(2,3)5/h5-12,28H,13-23H2,1-4H3,(H,37,38)(H,41,42);5H,1-3H3. The van der Waals surface area contributed by atoms with E-state index in [1.54, 1.807) is 44.9 Å². The number of benzene rings is 2. The molecule has 268 valence electrons. The fourth-order valence-electron chi connectivity index (χ4n) is 6.18. The van der Waals surface area contributed by atoms with E-state index >= 15 is 0 Å². The summed E-state index contributed by atoms with van der Waals surface area (Å²) in [6, 6.07) is 14.9. The molecule has 3 heterocycles. The highest BCUT2D eigenvalue weighted by atomic mass is 32.2. The molecule has 0 amide bonds. The van der Waals surface area contributed by atoms with Gasteiger partial charge in [-0.15, -0.1) is 0 Å². The summed E-state index contributed by atoms with van der Waals surface area (Å²) in [5.41, 5.74) is 5.27. The number of aromatic nitrogens is 1. The van der Waals surface area contributed by atoms with E-state index < -0.39 is 11.6 Å². The molecular weight excluding hydrogens is 640 g/mol. The molecule has 0 aliphatic carbocycles. The number of rotatable bonds is 11. The third kappa shape index (κ3) is 11.9. The minimum atomic E-state index is -0.852. The number of nitrogens with zero attached hydrogens (tertiary/aromatic N) is 3. The molecule has 2 aliphatic heterocycles. The maximum Gasteiger partial charge on any atom is 0.307 e. The number of piperidine rings is 2. The van der Waals surface area contributed by atoms with Crippen molar-refractivity contribution in [2.45, 2.75) is 91.7 Å². The van der Waals surface area contributed by atoms with Gasteiger partial charge < -0.3 is 25.2 Å². The predicted octanol–water partition coefficient (Wildman–Crippen LogP) is 8.00. The van der Waals surface area contributed by atoms with Crippen molar-refractivity contribution in [1.29, 1.82) is 0 Å². The zero-order valence-electron chi connectivity index (χ0n) is 30.3. The fraction of sp³-hybridized carbons (Fsp3) is 0.538. The highest BCUT2D eigenvalue weighted by molar-refractivity contribution is 7.96. The predicted molar refractivity (Wildman–Crippen MR) is 200 cm³/mol. The molecule has 1 aromatic heterocycles. The van der Waals surface area contributed by atoms with Gasteiger partial charge in [-0.3, -0.25) is 9.10 Å². The maximum atomic E-state index is 13.3. The number of carboxylic acid groups (broad SMARTS) is 1. The zero-order valence-corrected chi connectivity index (χ0v) is 31.1. The lowest BCUT2D eigenvalue weighted by Crippen LogP contribution is -2.39. The molecule has 10 heteroatoms. The van der Waals surface area contributed by atoms with Crippen molar-refractivity contribution in [2.24, 2.45) is 5.41 Å². The average molecular weight is 695 g/mol. The van der Waals surface area contributed by atoms with Crippen molar-refractivity contribution >= 4 is 29.4 Å². The van der Waals surface area contributed by atoms with Crippen molar-refractivity contribution in [1.82, 2.24) is 9.29 Å². The number of nitrogens with one attached hydrogen (secondary N) is 1. The largest absolute Gasteiger partial charge is 0.493 e. The monoisotopic (exact) mass is 694 g/mol. The van der Waals surface area contributed by atoms with Gasteiger partial charge in [-0.05, 0) is 100 Å². The van der Waals surface area contributed by atoms with Crippen LogP contribution in [-0.2, 0) is 17.6 Å². The first-order valence-corrected chi connectivity index (χ1v) is 18.6. The van der Waals surface area contributed by atoms with Gasteiger partial charge in [0.05, 0.1) is 24.3 Å². The van der Waals surface area contributed by atoms with Gasteiger partial charge in [-0.1, -0.05) is 50.1 Å². The summed E-state index contributed by atoms with van der Waals surface area (Å²) in [5, 5.41) is 22.3. The molecule has 8 nitrogen and oxygen atoms in total. The Morgan fingerprint density at radius 1 is 1.04 bits per heavy atom. The number of aliphatic carboxylic acids is 1. The van der Waals surface area contributed by atoms with Crippen LogP contribution in [0.1, 0.15) is 77.1 Å². The molecule has 0 radical (unpaired) electrons. The molecule has 0 atom stereocenters. The quantitative estimate of drug-likeness (QED) is 0.173. The fourth-order valence-corrected chi connectivity index (χ4v) is 6.76. The average Bonchev–Trinajstić information content (AvgIpc) is 3.03. The van der Waals surface area contributed by atoms with Crippen LogP contribution in [0.4, 0.5) is 15.9 Å². The van der Waals surface area contributed by atoms with Crippen LogP contribution < -0.4 is 15.0 Å². The first-order valence-electron chi connectivity index (χ1n) is 17.4. The Labute approximate surface area is 296 Å². The van der Waals surface area contributed by atoms with Crippen LogP contribution in [0, 0.1) is 18.2 Å². The molecule has 0 spiro atoms. The van der Waals surface area contributed by atoms with Crippen LogP contribution in [0.2, 0.25) is 0 Å². The molecule has 3 aromatic rings. The number of hydrogen-bond acceptors (Lipinski definition) is 8. The summed E-state index contributed by atoms with van der Waals surface area (Å²) in [6.45, 7) is 16.0. The topological polar surface area (TPSA) is 98.2 Å². The third-order valence-corrected chi connectivity index (χ3v) is 9.89. The van der Waals surface area contributed by atoms with Crippen LogP contribution in [0.15, 0.2) is 48.5 Å². The van der Waals surface area contributed by atoms with Crippen molar-refractivity contribution in [2.75, 3.05) is 49.3 Å². The molecule has 0 unspecified atom stereocenters. The Kier molecular flexibility index (Phi) is 13.4. The second-order valence-electron chi connectivity index (χ2n) is 14.9. The Hall–Kier alpha value is -3.34. The van der Waals surface area contributed by atoms with Gasteiger partial charge in [0.25, 0.3) is 0 Å². The number of carbonyl (C=O) groups is 1. The molecule has 0 bridgehead atoms. The van der Waals surface area contributed by atoms with Crippen LogP contribution >= 0.6 is 11.9 Å². The molecule has 2 saturated heterocycles. The number of pyridine rings is 1. The zero-order chi connectivity index (χ0) is 35.8. The van der Waals surface area contributed by atoms with Gasteiger partial charge in [0.15, 0.2) is 0 Å². The van der Waals surface area contributed by atoms with E-state index in [9.17, 15) is 14.3 Å². The van der Waals surface area contributed by atoms with Crippen LogP contribution in [0.25, 0.3) is 11.1 Å². The van der Waals surface area contributed by atoms with Crippen LogP contribution in [0.3, 0.4) is 0 Å². The van der Waals surface area contributed by atoms with Gasteiger partial charge in [0.2, 0.25) is 0 Å². The van der Waals surface area contributed by atoms with Crippen LogP contribution in [0.5, 0.6) is 5.75 Å². The Balaban J connectivity index is 0.00000101. The van der Waals surface area contributed by atoms with Gasteiger partial charge in [-0.2, -0.15) is 0 Å². The number of hydrogen-bond donors (Lipinski definition) is 3. The number of anilines is 2. The lowest BCUT2D eigenvalue weighted by Gasteiger charge is -2.40. The summed E-state index contributed by atoms with van der Waals surface area (Å²) in [6.07, 6.45) is 6.85. The van der Waals surface area contributed by atoms with Gasteiger partial charge in [0.1, 0.15) is 17.4 Å². The summed E-state index contributed by atoms with van der Waals surface area (Å²) in [4.78, 5) is 19.6. The number of ether oxygens (including phenoxy) is 1. The number of carboxylic acids is 1. The molecule has 49 heavy (non-hydrogen) atoms. The second kappa shape index (κ2) is 17.1. The van der Waals surface area contributed by atoms with E-state index in [0.29, 0.717) is 13.0 Å². The molecule has 2 aromatic carbocycles. The van der Waals surface area contributed by atoms with E-state index in [2.05, 4.69) is 46.8 Å².